The summed E-state index contributed by atoms with van der Waals surface area (Å²) in [6.07, 6.45) is 4.41. The third-order valence-corrected chi connectivity index (χ3v) is 4.78. The van der Waals surface area contributed by atoms with Gasteiger partial charge < -0.3 is 9.47 Å². The molecule has 0 radical (unpaired) electrons. The Morgan fingerprint density at radius 2 is 1.60 bits per heavy atom. The molecule has 2 aromatic rings. The largest absolute Gasteiger partial charge is 0.454 e. The first kappa shape index (κ1) is 16.2. The van der Waals surface area contributed by atoms with Crippen molar-refractivity contribution in [3.8, 4) is 11.5 Å². The zero-order chi connectivity index (χ0) is 16.9. The minimum atomic E-state index is 0.329. The van der Waals surface area contributed by atoms with Crippen LogP contribution >= 0.6 is 0 Å². The van der Waals surface area contributed by atoms with Crippen molar-refractivity contribution in [2.75, 3.05) is 39.5 Å². The van der Waals surface area contributed by atoms with Crippen molar-refractivity contribution >= 4 is 6.08 Å². The number of benzene rings is 2. The molecule has 0 spiro atoms. The summed E-state index contributed by atoms with van der Waals surface area (Å²) in [5.41, 5.74) is 2.56. The Hall–Kier alpha value is -2.30. The van der Waals surface area contributed by atoms with Crippen molar-refractivity contribution in [2.24, 2.45) is 0 Å². The maximum Gasteiger partial charge on any atom is 0.231 e. The average Bonchev–Trinajstić information content (AvgIpc) is 3.12. The van der Waals surface area contributed by atoms with E-state index in [0.29, 0.717) is 6.79 Å². The lowest BCUT2D eigenvalue weighted by Gasteiger charge is -2.34. The van der Waals surface area contributed by atoms with Crippen LogP contribution in [0, 0.1) is 0 Å². The van der Waals surface area contributed by atoms with Gasteiger partial charge in [-0.1, -0.05) is 48.6 Å². The Kier molecular flexibility index (Phi) is 5.00. The van der Waals surface area contributed by atoms with Gasteiger partial charge in [0.05, 0.1) is 0 Å². The highest BCUT2D eigenvalue weighted by Crippen LogP contribution is 2.32. The minimum Gasteiger partial charge on any atom is -0.454 e. The second-order valence-corrected chi connectivity index (χ2v) is 6.58. The standard InChI is InChI=1S/C21H24N2O2/c1-2-5-19(6-3-1)16-23-13-11-22(12-14-23)10-4-7-18-8-9-20-21(15-18)25-17-24-20/h1-9,15H,10-14,16-17H2/b7-4+. The fourth-order valence-electron chi connectivity index (χ4n) is 3.33. The van der Waals surface area contributed by atoms with Gasteiger partial charge in [-0.2, -0.15) is 0 Å². The molecule has 130 valence electrons. The van der Waals surface area contributed by atoms with Gasteiger partial charge in [-0.3, -0.25) is 9.80 Å². The van der Waals surface area contributed by atoms with Gasteiger partial charge in [-0.25, -0.2) is 0 Å². The van der Waals surface area contributed by atoms with Crippen LogP contribution in [0.25, 0.3) is 6.08 Å². The molecule has 2 aliphatic rings. The van der Waals surface area contributed by atoms with Crippen LogP contribution < -0.4 is 9.47 Å². The highest BCUT2D eigenvalue weighted by atomic mass is 16.7. The fraction of sp³-hybridized carbons (Fsp3) is 0.333. The van der Waals surface area contributed by atoms with E-state index in [1.807, 2.05) is 12.1 Å². The molecule has 0 aliphatic carbocycles. The lowest BCUT2D eigenvalue weighted by Crippen LogP contribution is -2.45. The number of fused-ring (bicyclic) bond motifs is 1. The van der Waals surface area contributed by atoms with E-state index in [1.165, 1.54) is 5.56 Å². The van der Waals surface area contributed by atoms with Crippen molar-refractivity contribution in [1.29, 1.82) is 0 Å². The van der Waals surface area contributed by atoms with Crippen LogP contribution in [0.3, 0.4) is 0 Å². The molecule has 0 N–H and O–H groups in total. The van der Waals surface area contributed by atoms with Crippen molar-refractivity contribution < 1.29 is 9.47 Å². The molecule has 0 saturated carbocycles. The fourth-order valence-corrected chi connectivity index (χ4v) is 3.33. The molecule has 0 aromatic heterocycles. The van der Waals surface area contributed by atoms with E-state index in [2.05, 4.69) is 58.4 Å². The summed E-state index contributed by atoms with van der Waals surface area (Å²) in [6, 6.07) is 16.8. The summed E-state index contributed by atoms with van der Waals surface area (Å²) < 4.78 is 10.8. The lowest BCUT2D eigenvalue weighted by molar-refractivity contribution is 0.137. The number of piperazine rings is 1. The third kappa shape index (κ3) is 4.21. The van der Waals surface area contributed by atoms with E-state index in [4.69, 9.17) is 9.47 Å². The number of hydrogen-bond acceptors (Lipinski definition) is 4. The molecule has 1 fully saturated rings. The maximum absolute atomic E-state index is 5.42. The monoisotopic (exact) mass is 336 g/mol. The second kappa shape index (κ2) is 7.72. The van der Waals surface area contributed by atoms with Gasteiger partial charge in [0.1, 0.15) is 0 Å². The molecule has 0 bridgehead atoms. The molecule has 4 heteroatoms. The smallest absolute Gasteiger partial charge is 0.231 e. The van der Waals surface area contributed by atoms with Gasteiger partial charge in [0, 0.05) is 39.3 Å². The van der Waals surface area contributed by atoms with Crippen molar-refractivity contribution in [3.63, 3.8) is 0 Å². The Morgan fingerprint density at radius 3 is 2.44 bits per heavy atom. The molecule has 4 nitrogen and oxygen atoms in total. The van der Waals surface area contributed by atoms with Gasteiger partial charge in [-0.15, -0.1) is 0 Å². The predicted octanol–water partition coefficient (Wildman–Crippen LogP) is 3.25. The lowest BCUT2D eigenvalue weighted by atomic mass is 10.2. The van der Waals surface area contributed by atoms with Crippen molar-refractivity contribution in [1.82, 2.24) is 9.80 Å². The van der Waals surface area contributed by atoms with E-state index < -0.39 is 0 Å². The molecular weight excluding hydrogens is 312 g/mol. The van der Waals surface area contributed by atoms with Gasteiger partial charge in [0.2, 0.25) is 6.79 Å². The van der Waals surface area contributed by atoms with Gasteiger partial charge >= 0.3 is 0 Å². The van der Waals surface area contributed by atoms with E-state index in [1.54, 1.807) is 0 Å². The average molecular weight is 336 g/mol. The molecule has 4 rings (SSSR count). The van der Waals surface area contributed by atoms with Gasteiger partial charge in [0.25, 0.3) is 0 Å². The molecule has 2 heterocycles. The zero-order valence-corrected chi connectivity index (χ0v) is 14.4. The van der Waals surface area contributed by atoms with E-state index in [9.17, 15) is 0 Å². The SMILES string of the molecule is C(=C\c1ccc2c(c1)OCO2)/CN1CCN(Cc2ccccc2)CC1. The Labute approximate surface area is 149 Å². The molecule has 2 aliphatic heterocycles. The summed E-state index contributed by atoms with van der Waals surface area (Å²) >= 11 is 0. The Morgan fingerprint density at radius 1 is 0.840 bits per heavy atom. The van der Waals surface area contributed by atoms with Crippen LogP contribution in [0.5, 0.6) is 11.5 Å². The number of ether oxygens (including phenoxy) is 2. The van der Waals surface area contributed by atoms with Crippen LogP contribution in [0.1, 0.15) is 11.1 Å². The molecule has 0 amide bonds. The first-order chi connectivity index (χ1) is 12.4. The number of rotatable bonds is 5. The topological polar surface area (TPSA) is 24.9 Å². The van der Waals surface area contributed by atoms with Crippen molar-refractivity contribution in [2.45, 2.75) is 6.54 Å². The van der Waals surface area contributed by atoms with Crippen LogP contribution in [-0.2, 0) is 6.54 Å². The zero-order valence-electron chi connectivity index (χ0n) is 14.4. The number of nitrogens with zero attached hydrogens (tertiary/aromatic N) is 2. The predicted molar refractivity (Wildman–Crippen MR) is 99.8 cm³/mol. The van der Waals surface area contributed by atoms with Crippen LogP contribution in [0.4, 0.5) is 0 Å². The Balaban J connectivity index is 1.23. The Bertz CT molecular complexity index is 722. The highest BCUT2D eigenvalue weighted by Gasteiger charge is 2.16. The van der Waals surface area contributed by atoms with Crippen LogP contribution in [-0.4, -0.2) is 49.3 Å². The van der Waals surface area contributed by atoms with E-state index in [-0.39, 0.29) is 0 Å². The third-order valence-electron chi connectivity index (χ3n) is 4.78. The first-order valence-electron chi connectivity index (χ1n) is 8.92. The van der Waals surface area contributed by atoms with Gasteiger partial charge in [-0.05, 0) is 23.3 Å². The molecule has 2 aromatic carbocycles. The van der Waals surface area contributed by atoms with Crippen LogP contribution in [0.15, 0.2) is 54.6 Å². The minimum absolute atomic E-state index is 0.329. The number of hydrogen-bond donors (Lipinski definition) is 0. The summed E-state index contributed by atoms with van der Waals surface area (Å²) in [5.74, 6) is 1.68. The molecule has 0 unspecified atom stereocenters. The summed E-state index contributed by atoms with van der Waals surface area (Å²) in [6.45, 7) is 6.89. The molecule has 25 heavy (non-hydrogen) atoms. The summed E-state index contributed by atoms with van der Waals surface area (Å²) in [7, 11) is 0. The van der Waals surface area contributed by atoms with Gasteiger partial charge in [0.15, 0.2) is 11.5 Å². The second-order valence-electron chi connectivity index (χ2n) is 6.58. The highest BCUT2D eigenvalue weighted by molar-refractivity contribution is 5.56. The normalized spacial score (nSPS) is 18.1. The van der Waals surface area contributed by atoms with E-state index >= 15 is 0 Å². The van der Waals surface area contributed by atoms with E-state index in [0.717, 1.165) is 56.3 Å². The summed E-state index contributed by atoms with van der Waals surface area (Å²) in [4.78, 5) is 5.04. The quantitative estimate of drug-likeness (QED) is 0.837. The molecule has 0 atom stereocenters. The first-order valence-corrected chi connectivity index (χ1v) is 8.92. The summed E-state index contributed by atoms with van der Waals surface area (Å²) in [5, 5.41) is 0. The molecular formula is C21H24N2O2. The van der Waals surface area contributed by atoms with Crippen molar-refractivity contribution in [3.05, 3.63) is 65.7 Å². The molecule has 1 saturated heterocycles. The van der Waals surface area contributed by atoms with Crippen LogP contribution in [0.2, 0.25) is 0 Å². The maximum atomic E-state index is 5.42.